The molecule has 1 amide bonds. The second-order valence-corrected chi connectivity index (χ2v) is 7.65. The molecule has 10 heteroatoms. The highest BCUT2D eigenvalue weighted by Gasteiger charge is 2.30. The number of nitrogens with two attached hydrogens (primary N) is 1. The number of hydrogen-bond acceptors (Lipinski definition) is 5. The Hall–Kier alpha value is -3.46. The maximum Gasteiger partial charge on any atom is 0.204 e. The molecule has 5 rings (SSSR count). The van der Waals surface area contributed by atoms with E-state index >= 15 is 0 Å². The Labute approximate surface area is 188 Å². The van der Waals surface area contributed by atoms with Crippen LogP contribution in [0.15, 0.2) is 60.0 Å². The van der Waals surface area contributed by atoms with Crippen LogP contribution in [0, 0.1) is 11.6 Å². The summed E-state index contributed by atoms with van der Waals surface area (Å²) in [4.78, 5) is 17.4. The average Bonchev–Trinajstić information content (AvgIpc) is 3.43. The molecule has 2 aliphatic rings. The van der Waals surface area contributed by atoms with Gasteiger partial charge >= 0.3 is 0 Å². The number of benzene rings is 1. The number of primary amides is 1. The average molecular weight is 459 g/mol. The van der Waals surface area contributed by atoms with E-state index in [2.05, 4.69) is 10.8 Å². The monoisotopic (exact) mass is 458 g/mol. The zero-order valence-electron chi connectivity index (χ0n) is 17.0. The van der Waals surface area contributed by atoms with Gasteiger partial charge in [0, 0.05) is 24.8 Å². The lowest BCUT2D eigenvalue weighted by Gasteiger charge is -2.27. The number of carbonyl (C=O) groups excluding carboxylic acids is 1. The summed E-state index contributed by atoms with van der Waals surface area (Å²) in [5, 5.41) is 4.97. The Morgan fingerprint density at radius 3 is 2.84 bits per heavy atom. The molecule has 0 radical (unpaired) electrons. The first-order valence-electron chi connectivity index (χ1n) is 10.0. The van der Waals surface area contributed by atoms with Gasteiger partial charge in [-0.15, -0.1) is 0 Å². The topological polar surface area (TPSA) is 79.8 Å². The number of carbonyl (C=O) groups is 1. The van der Waals surface area contributed by atoms with E-state index in [1.54, 1.807) is 10.7 Å². The molecule has 1 fully saturated rings. The Bertz CT molecular complexity index is 1190. The van der Waals surface area contributed by atoms with Crippen molar-refractivity contribution in [3.8, 4) is 0 Å². The number of anilines is 2. The molecule has 2 N–H and O–H groups in total. The molecule has 2 aromatic heterocycles. The van der Waals surface area contributed by atoms with E-state index < -0.39 is 11.6 Å². The number of allylic oxidation sites excluding steroid dienone is 2. The minimum absolute atomic E-state index is 0.250. The van der Waals surface area contributed by atoms with Crippen LogP contribution in [0.4, 0.5) is 20.3 Å². The number of rotatable bonds is 3. The zero-order valence-corrected chi connectivity index (χ0v) is 17.8. The van der Waals surface area contributed by atoms with Gasteiger partial charge in [0.25, 0.3) is 0 Å². The lowest BCUT2D eigenvalue weighted by atomic mass is 10.0. The molecule has 1 saturated heterocycles. The van der Waals surface area contributed by atoms with Crippen LogP contribution in [-0.2, 0) is 4.79 Å². The lowest BCUT2D eigenvalue weighted by molar-refractivity contribution is -0.106. The van der Waals surface area contributed by atoms with Crippen LogP contribution in [0.2, 0.25) is 0 Å². The Morgan fingerprint density at radius 2 is 2.06 bits per heavy atom. The number of hydrogen-bond donors (Lipinski definition) is 1. The fraction of sp³-hybridized carbons (Fsp3) is 0.227. The fourth-order valence-electron chi connectivity index (χ4n) is 4.04. The van der Waals surface area contributed by atoms with Gasteiger partial charge in [-0.25, -0.2) is 18.3 Å². The van der Waals surface area contributed by atoms with Gasteiger partial charge in [-0.2, -0.15) is 5.10 Å². The normalized spacial score (nSPS) is 17.8. The van der Waals surface area contributed by atoms with E-state index in [0.29, 0.717) is 28.7 Å². The molecular formula is C22H21ClF2N6O. The highest BCUT2D eigenvalue weighted by molar-refractivity contribution is 6.31. The predicted octanol–water partition coefficient (Wildman–Crippen LogP) is 3.91. The van der Waals surface area contributed by atoms with Crippen molar-refractivity contribution < 1.29 is 13.6 Å². The SMILES string of the molecule is Fc1ccc(F)c([C@H]2CCCN2c2ccn3ncc(N4CC=CC=C4Cl)c3n2)c1.NC=O. The molecule has 1 aromatic carbocycles. The molecule has 4 heterocycles. The molecule has 166 valence electrons. The molecule has 2 aliphatic heterocycles. The van der Waals surface area contributed by atoms with E-state index in [1.807, 2.05) is 40.3 Å². The predicted molar refractivity (Wildman–Crippen MR) is 119 cm³/mol. The molecule has 0 spiro atoms. The van der Waals surface area contributed by atoms with Crippen LogP contribution in [0.3, 0.4) is 0 Å². The Balaban J connectivity index is 0.000000775. The second kappa shape index (κ2) is 9.35. The first-order chi connectivity index (χ1) is 15.5. The summed E-state index contributed by atoms with van der Waals surface area (Å²) in [6.07, 6.45) is 11.2. The first-order valence-corrected chi connectivity index (χ1v) is 10.4. The van der Waals surface area contributed by atoms with Crippen molar-refractivity contribution in [1.29, 1.82) is 0 Å². The third kappa shape index (κ3) is 4.16. The van der Waals surface area contributed by atoms with Crippen LogP contribution >= 0.6 is 11.6 Å². The molecule has 0 aliphatic carbocycles. The van der Waals surface area contributed by atoms with Crippen molar-refractivity contribution >= 4 is 35.2 Å². The highest BCUT2D eigenvalue weighted by Crippen LogP contribution is 2.37. The van der Waals surface area contributed by atoms with Crippen LogP contribution in [-0.4, -0.2) is 34.1 Å². The molecule has 0 saturated carbocycles. The van der Waals surface area contributed by atoms with Crippen molar-refractivity contribution in [2.75, 3.05) is 22.9 Å². The van der Waals surface area contributed by atoms with E-state index in [0.717, 1.165) is 31.1 Å². The fourth-order valence-corrected chi connectivity index (χ4v) is 4.27. The van der Waals surface area contributed by atoms with Crippen molar-refractivity contribution in [3.63, 3.8) is 0 Å². The van der Waals surface area contributed by atoms with Crippen molar-refractivity contribution in [2.24, 2.45) is 5.73 Å². The summed E-state index contributed by atoms with van der Waals surface area (Å²) in [5.74, 6) is -0.126. The molecule has 0 unspecified atom stereocenters. The van der Waals surface area contributed by atoms with Gasteiger partial charge in [0.2, 0.25) is 6.41 Å². The second-order valence-electron chi connectivity index (χ2n) is 7.27. The van der Waals surface area contributed by atoms with Crippen molar-refractivity contribution in [2.45, 2.75) is 18.9 Å². The standard InChI is InChI=1S/C21H18ClF2N5.CH3NO/c22-19-5-1-2-9-27(19)18-13-25-29-11-8-20(26-21(18)29)28-10-3-4-17(28)15-12-14(23)6-7-16(15)24;2-1-3/h1-2,5-8,11-13,17H,3-4,9-10H2;1H,(H2,2,3)/t17-;/m1./s1. The molecule has 3 aromatic rings. The van der Waals surface area contributed by atoms with Gasteiger partial charge in [0.05, 0.1) is 12.2 Å². The number of aromatic nitrogens is 3. The van der Waals surface area contributed by atoms with E-state index in [9.17, 15) is 8.78 Å². The summed E-state index contributed by atoms with van der Waals surface area (Å²) in [7, 11) is 0. The maximum atomic E-state index is 14.4. The maximum absolute atomic E-state index is 14.4. The lowest BCUT2D eigenvalue weighted by Crippen LogP contribution is -2.25. The quantitative estimate of drug-likeness (QED) is 0.475. The number of amides is 1. The largest absolute Gasteiger partial charge is 0.372 e. The Morgan fingerprint density at radius 1 is 1.25 bits per heavy atom. The van der Waals surface area contributed by atoms with E-state index in [-0.39, 0.29) is 12.5 Å². The summed E-state index contributed by atoms with van der Waals surface area (Å²) in [6.45, 7) is 1.35. The Kier molecular flexibility index (Phi) is 6.36. The van der Waals surface area contributed by atoms with E-state index in [4.69, 9.17) is 21.4 Å². The van der Waals surface area contributed by atoms with Crippen LogP contribution in [0.5, 0.6) is 0 Å². The number of nitrogens with zero attached hydrogens (tertiary/aromatic N) is 5. The van der Waals surface area contributed by atoms with Gasteiger partial charge in [-0.1, -0.05) is 23.8 Å². The van der Waals surface area contributed by atoms with Crippen LogP contribution in [0.1, 0.15) is 24.4 Å². The third-order valence-corrected chi connectivity index (χ3v) is 5.74. The smallest absolute Gasteiger partial charge is 0.204 e. The molecule has 1 atom stereocenters. The number of fused-ring (bicyclic) bond motifs is 1. The zero-order chi connectivity index (χ0) is 22.7. The third-order valence-electron chi connectivity index (χ3n) is 5.41. The molecular weight excluding hydrogens is 438 g/mol. The summed E-state index contributed by atoms with van der Waals surface area (Å²) in [5.41, 5.74) is 5.99. The van der Waals surface area contributed by atoms with Crippen LogP contribution < -0.4 is 15.5 Å². The van der Waals surface area contributed by atoms with Crippen molar-refractivity contribution in [1.82, 2.24) is 14.6 Å². The van der Waals surface area contributed by atoms with Gasteiger partial charge in [-0.3, -0.25) is 4.79 Å². The van der Waals surface area contributed by atoms with Crippen molar-refractivity contribution in [3.05, 3.63) is 77.2 Å². The molecule has 7 nitrogen and oxygen atoms in total. The number of halogens is 3. The van der Waals surface area contributed by atoms with Gasteiger partial charge in [0.1, 0.15) is 28.3 Å². The minimum atomic E-state index is -0.436. The summed E-state index contributed by atoms with van der Waals surface area (Å²) >= 11 is 6.36. The summed E-state index contributed by atoms with van der Waals surface area (Å²) in [6, 6.07) is 5.21. The molecule has 0 bridgehead atoms. The van der Waals surface area contributed by atoms with Gasteiger partial charge < -0.3 is 15.5 Å². The van der Waals surface area contributed by atoms with Crippen LogP contribution in [0.25, 0.3) is 5.65 Å². The highest BCUT2D eigenvalue weighted by atomic mass is 35.5. The molecule has 32 heavy (non-hydrogen) atoms. The van der Waals surface area contributed by atoms with Gasteiger partial charge in [-0.05, 0) is 43.2 Å². The van der Waals surface area contributed by atoms with Gasteiger partial charge in [0.15, 0.2) is 5.65 Å². The summed E-state index contributed by atoms with van der Waals surface area (Å²) < 4.78 is 29.8. The van der Waals surface area contributed by atoms with E-state index in [1.165, 1.54) is 12.1 Å². The minimum Gasteiger partial charge on any atom is -0.372 e. The first kappa shape index (κ1) is 21.8.